The number of fused-ring (bicyclic) bond motifs is 1. The van der Waals surface area contributed by atoms with Crippen LogP contribution in [0.3, 0.4) is 0 Å². The molecule has 0 fully saturated rings. The highest BCUT2D eigenvalue weighted by Gasteiger charge is 2.57. The van der Waals surface area contributed by atoms with Crippen molar-refractivity contribution in [1.29, 1.82) is 0 Å². The molecule has 0 bridgehead atoms. The van der Waals surface area contributed by atoms with Gasteiger partial charge in [0.15, 0.2) is 0 Å². The number of benzene rings is 2. The third-order valence-electron chi connectivity index (χ3n) is 3.58. The number of nitrogens with one attached hydrogen (secondary N) is 1. The van der Waals surface area contributed by atoms with Crippen LogP contribution in [0.1, 0.15) is 11.1 Å². The van der Waals surface area contributed by atoms with Crippen LogP contribution in [0.15, 0.2) is 60.8 Å². The van der Waals surface area contributed by atoms with Crippen molar-refractivity contribution in [2.75, 3.05) is 0 Å². The van der Waals surface area contributed by atoms with Gasteiger partial charge in [0, 0.05) is 22.7 Å². The maximum absolute atomic E-state index is 13.6. The van der Waals surface area contributed by atoms with Gasteiger partial charge in [-0.2, -0.15) is 13.2 Å². The molecule has 0 unspecified atom stereocenters. The van der Waals surface area contributed by atoms with Gasteiger partial charge in [0.1, 0.15) is 0 Å². The van der Waals surface area contributed by atoms with E-state index < -0.39 is 11.8 Å². The number of aromatic nitrogens is 1. The average molecular weight is 291 g/mol. The lowest BCUT2D eigenvalue weighted by Crippen LogP contribution is -2.43. The molecule has 108 valence electrons. The van der Waals surface area contributed by atoms with Crippen molar-refractivity contribution in [3.63, 3.8) is 0 Å². The first kappa shape index (κ1) is 13.7. The molecule has 0 radical (unpaired) electrons. The van der Waals surface area contributed by atoms with Gasteiger partial charge in [-0.25, -0.2) is 0 Å². The van der Waals surface area contributed by atoms with Crippen LogP contribution in [0.25, 0.3) is 10.9 Å². The van der Waals surface area contributed by atoms with Gasteiger partial charge in [0.05, 0.1) is 0 Å². The lowest BCUT2D eigenvalue weighted by molar-refractivity contribution is -0.247. The summed E-state index contributed by atoms with van der Waals surface area (Å²) in [6.07, 6.45) is -3.62. The van der Waals surface area contributed by atoms with Crippen molar-refractivity contribution in [2.45, 2.75) is 11.8 Å². The minimum absolute atomic E-state index is 0.197. The summed E-state index contributed by atoms with van der Waals surface area (Å²) >= 11 is 0. The molecule has 0 amide bonds. The van der Waals surface area contributed by atoms with Crippen LogP contribution in [0.4, 0.5) is 13.2 Å². The molecule has 1 atom stereocenters. The van der Waals surface area contributed by atoms with E-state index in [1.165, 1.54) is 30.5 Å². The number of H-pyrrole nitrogens is 1. The highest BCUT2D eigenvalue weighted by atomic mass is 19.4. The number of hydrogen-bond donors (Lipinski definition) is 2. The van der Waals surface area contributed by atoms with Crippen LogP contribution in [-0.4, -0.2) is 16.3 Å². The zero-order valence-corrected chi connectivity index (χ0v) is 10.9. The van der Waals surface area contributed by atoms with E-state index in [-0.39, 0.29) is 11.1 Å². The second-order valence-electron chi connectivity index (χ2n) is 4.82. The Labute approximate surface area is 118 Å². The molecule has 3 aromatic rings. The normalized spacial score (nSPS) is 15.0. The van der Waals surface area contributed by atoms with Gasteiger partial charge < -0.3 is 10.1 Å². The van der Waals surface area contributed by atoms with Crippen LogP contribution in [0, 0.1) is 0 Å². The number of aliphatic hydroxyl groups is 1. The van der Waals surface area contributed by atoms with E-state index >= 15 is 0 Å². The lowest BCUT2D eigenvalue weighted by atomic mass is 9.85. The fourth-order valence-electron chi connectivity index (χ4n) is 2.52. The van der Waals surface area contributed by atoms with E-state index in [0.717, 1.165) is 0 Å². The standard InChI is InChI=1S/C16H12F3NO/c17-16(18,19)15(21,11-6-2-1-3-7-11)13-10-20-14-9-5-4-8-12(13)14/h1-10,20-21H/t15-/m1/s1. The van der Waals surface area contributed by atoms with Gasteiger partial charge in [-0.05, 0) is 11.6 Å². The summed E-state index contributed by atoms with van der Waals surface area (Å²) in [5.74, 6) is 0. The van der Waals surface area contributed by atoms with Crippen molar-refractivity contribution in [1.82, 2.24) is 4.98 Å². The Morgan fingerprint density at radius 3 is 2.14 bits per heavy atom. The smallest absolute Gasteiger partial charge is 0.372 e. The molecule has 0 spiro atoms. The van der Waals surface area contributed by atoms with Crippen molar-refractivity contribution in [3.05, 3.63) is 71.9 Å². The summed E-state index contributed by atoms with van der Waals surface area (Å²) in [6, 6.07) is 13.7. The largest absolute Gasteiger partial charge is 0.425 e. The zero-order valence-electron chi connectivity index (χ0n) is 10.9. The minimum Gasteiger partial charge on any atom is -0.372 e. The van der Waals surface area contributed by atoms with E-state index in [0.29, 0.717) is 10.9 Å². The zero-order chi connectivity index (χ0) is 15.1. The first-order valence-electron chi connectivity index (χ1n) is 6.36. The van der Waals surface area contributed by atoms with Gasteiger partial charge in [0.25, 0.3) is 0 Å². The quantitative estimate of drug-likeness (QED) is 0.736. The molecule has 1 aromatic heterocycles. The Bertz CT molecular complexity index is 764. The Kier molecular flexibility index (Phi) is 3.02. The molecular weight excluding hydrogens is 279 g/mol. The first-order chi connectivity index (χ1) is 9.94. The van der Waals surface area contributed by atoms with Gasteiger partial charge in [-0.1, -0.05) is 48.5 Å². The average Bonchev–Trinajstić information content (AvgIpc) is 2.90. The van der Waals surface area contributed by atoms with Crippen LogP contribution in [0.5, 0.6) is 0 Å². The van der Waals surface area contributed by atoms with Crippen molar-refractivity contribution in [2.24, 2.45) is 0 Å². The molecule has 1 heterocycles. The topological polar surface area (TPSA) is 36.0 Å². The summed E-state index contributed by atoms with van der Waals surface area (Å²) in [4.78, 5) is 2.78. The van der Waals surface area contributed by atoms with Crippen LogP contribution >= 0.6 is 0 Å². The number of para-hydroxylation sites is 1. The van der Waals surface area contributed by atoms with Crippen molar-refractivity contribution >= 4 is 10.9 Å². The van der Waals surface area contributed by atoms with Crippen molar-refractivity contribution in [3.8, 4) is 0 Å². The number of halogens is 3. The van der Waals surface area contributed by atoms with E-state index in [2.05, 4.69) is 4.98 Å². The summed E-state index contributed by atoms with van der Waals surface area (Å²) in [5, 5.41) is 10.9. The molecule has 0 aliphatic rings. The van der Waals surface area contributed by atoms with E-state index in [1.54, 1.807) is 30.3 Å². The van der Waals surface area contributed by atoms with Crippen molar-refractivity contribution < 1.29 is 18.3 Å². The SMILES string of the molecule is O[C@](c1ccccc1)(c1c[nH]c2ccccc12)C(F)(F)F. The molecule has 2 nitrogen and oxygen atoms in total. The van der Waals surface area contributed by atoms with Gasteiger partial charge in [-0.15, -0.1) is 0 Å². The highest BCUT2D eigenvalue weighted by molar-refractivity contribution is 5.84. The molecule has 21 heavy (non-hydrogen) atoms. The molecule has 3 rings (SSSR count). The maximum Gasteiger partial charge on any atom is 0.425 e. The number of aromatic amines is 1. The third-order valence-corrected chi connectivity index (χ3v) is 3.58. The first-order valence-corrected chi connectivity index (χ1v) is 6.36. The van der Waals surface area contributed by atoms with Gasteiger partial charge >= 0.3 is 6.18 Å². The third kappa shape index (κ3) is 2.01. The molecule has 0 aliphatic carbocycles. The van der Waals surface area contributed by atoms with Crippen LogP contribution in [-0.2, 0) is 5.60 Å². The fourth-order valence-corrected chi connectivity index (χ4v) is 2.52. The summed E-state index contributed by atoms with van der Waals surface area (Å²) in [6.45, 7) is 0. The number of rotatable bonds is 2. The summed E-state index contributed by atoms with van der Waals surface area (Å²) < 4.78 is 40.9. The number of alkyl halides is 3. The number of hydrogen-bond acceptors (Lipinski definition) is 1. The molecule has 5 heteroatoms. The Hall–Kier alpha value is -2.27. The molecule has 2 aromatic carbocycles. The molecule has 0 saturated heterocycles. The Balaban J connectivity index is 2.31. The van der Waals surface area contributed by atoms with Gasteiger partial charge in [-0.3, -0.25) is 0 Å². The molecule has 0 aliphatic heterocycles. The predicted octanol–water partition coefficient (Wildman–Crippen LogP) is 3.97. The maximum atomic E-state index is 13.6. The summed E-state index contributed by atoms with van der Waals surface area (Å²) in [5.41, 5.74) is -2.90. The highest BCUT2D eigenvalue weighted by Crippen LogP contribution is 2.46. The lowest BCUT2D eigenvalue weighted by Gasteiger charge is -2.31. The monoisotopic (exact) mass is 291 g/mol. The van der Waals surface area contributed by atoms with E-state index in [9.17, 15) is 18.3 Å². The summed E-state index contributed by atoms with van der Waals surface area (Å²) in [7, 11) is 0. The van der Waals surface area contributed by atoms with E-state index in [1.807, 2.05) is 0 Å². The van der Waals surface area contributed by atoms with Crippen LogP contribution < -0.4 is 0 Å². The minimum atomic E-state index is -4.83. The molecular formula is C16H12F3NO. The fraction of sp³-hybridized carbons (Fsp3) is 0.125. The molecule has 0 saturated carbocycles. The van der Waals surface area contributed by atoms with Crippen LogP contribution in [0.2, 0.25) is 0 Å². The Morgan fingerprint density at radius 1 is 0.857 bits per heavy atom. The second-order valence-corrected chi connectivity index (χ2v) is 4.82. The van der Waals surface area contributed by atoms with E-state index in [4.69, 9.17) is 0 Å². The predicted molar refractivity (Wildman–Crippen MR) is 73.8 cm³/mol. The Morgan fingerprint density at radius 2 is 1.48 bits per heavy atom. The second kappa shape index (κ2) is 4.63. The van der Waals surface area contributed by atoms with Gasteiger partial charge in [0.2, 0.25) is 5.60 Å². The molecule has 2 N–H and O–H groups in total.